The molecular weight excluding hydrogens is 290 g/mol. The van der Waals surface area contributed by atoms with E-state index in [0.29, 0.717) is 6.54 Å². The number of benzene rings is 1. The highest BCUT2D eigenvalue weighted by Crippen LogP contribution is 2.22. The van der Waals surface area contributed by atoms with Crippen LogP contribution in [-0.4, -0.2) is 24.6 Å². The monoisotopic (exact) mass is 311 g/mol. The van der Waals surface area contributed by atoms with Crippen LogP contribution in [-0.2, 0) is 0 Å². The molecule has 2 rings (SSSR count). The zero-order chi connectivity index (χ0) is 13.0. The van der Waals surface area contributed by atoms with Crippen molar-refractivity contribution in [3.8, 4) is 0 Å². The van der Waals surface area contributed by atoms with Crippen LogP contribution in [0.1, 0.15) is 36.4 Å². The summed E-state index contributed by atoms with van der Waals surface area (Å²) < 4.78 is 1.15. The molecule has 4 heteroatoms. The van der Waals surface area contributed by atoms with Gasteiger partial charge in [-0.25, -0.2) is 10.4 Å². The van der Waals surface area contributed by atoms with E-state index in [2.05, 4.69) is 51.5 Å². The second-order valence-electron chi connectivity index (χ2n) is 4.97. The van der Waals surface area contributed by atoms with Crippen molar-refractivity contribution in [1.29, 1.82) is 0 Å². The fraction of sp³-hybridized carbons (Fsp3) is 0.571. The van der Waals surface area contributed by atoms with Crippen LogP contribution in [0.25, 0.3) is 0 Å². The Labute approximate surface area is 118 Å². The van der Waals surface area contributed by atoms with Gasteiger partial charge in [0, 0.05) is 24.1 Å². The van der Waals surface area contributed by atoms with Gasteiger partial charge in [0.15, 0.2) is 0 Å². The lowest BCUT2D eigenvalue weighted by molar-refractivity contribution is 0.130. The van der Waals surface area contributed by atoms with Crippen molar-refractivity contribution in [3.63, 3.8) is 0 Å². The predicted octanol–water partition coefficient (Wildman–Crippen LogP) is 2.75. The van der Waals surface area contributed by atoms with Crippen LogP contribution < -0.4 is 11.2 Å². The fourth-order valence-electron chi connectivity index (χ4n) is 2.33. The normalized spacial score (nSPS) is 18.8. The van der Waals surface area contributed by atoms with Gasteiger partial charge in [0.05, 0.1) is 6.04 Å². The first-order valence-corrected chi connectivity index (χ1v) is 7.47. The van der Waals surface area contributed by atoms with Crippen molar-refractivity contribution in [2.45, 2.75) is 32.2 Å². The minimum atomic E-state index is 0.208. The molecular formula is C14H22BrN3. The molecule has 1 aliphatic heterocycles. The Hall–Kier alpha value is -0.420. The number of nitrogens with two attached hydrogens (primary N) is 1. The summed E-state index contributed by atoms with van der Waals surface area (Å²) in [6.07, 6.45) is 3.91. The lowest BCUT2D eigenvalue weighted by atomic mass is 10.1. The van der Waals surface area contributed by atoms with E-state index in [1.165, 1.54) is 30.4 Å². The number of halogens is 1. The molecule has 1 aromatic carbocycles. The van der Waals surface area contributed by atoms with Crippen LogP contribution in [0.5, 0.6) is 0 Å². The van der Waals surface area contributed by atoms with Gasteiger partial charge < -0.3 is 5.73 Å². The van der Waals surface area contributed by atoms with Gasteiger partial charge in [0.25, 0.3) is 0 Å². The number of hydrogen-bond donors (Lipinski definition) is 2. The summed E-state index contributed by atoms with van der Waals surface area (Å²) in [7, 11) is 0. The van der Waals surface area contributed by atoms with Gasteiger partial charge in [-0.1, -0.05) is 34.5 Å². The number of aryl methyl sites for hydroxylation is 1. The average molecular weight is 312 g/mol. The maximum absolute atomic E-state index is 5.91. The van der Waals surface area contributed by atoms with E-state index >= 15 is 0 Å². The second-order valence-corrected chi connectivity index (χ2v) is 5.83. The van der Waals surface area contributed by atoms with Crippen LogP contribution in [0.4, 0.5) is 0 Å². The Balaban J connectivity index is 2.04. The first kappa shape index (κ1) is 14.0. The van der Waals surface area contributed by atoms with Gasteiger partial charge in [-0.15, -0.1) is 0 Å². The van der Waals surface area contributed by atoms with E-state index in [0.717, 1.165) is 17.6 Å². The number of nitrogens with one attached hydrogen (secondary N) is 1. The maximum atomic E-state index is 5.91. The van der Waals surface area contributed by atoms with Gasteiger partial charge in [-0.3, -0.25) is 0 Å². The highest BCUT2D eigenvalue weighted by molar-refractivity contribution is 9.10. The SMILES string of the molecule is Cc1ccc(C(CN)NN2CCCCC2)cc1Br. The zero-order valence-electron chi connectivity index (χ0n) is 11.0. The smallest absolute Gasteiger partial charge is 0.0587 e. The third-order valence-electron chi connectivity index (χ3n) is 3.53. The van der Waals surface area contributed by atoms with E-state index in [-0.39, 0.29) is 6.04 Å². The molecule has 0 amide bonds. The minimum absolute atomic E-state index is 0.208. The van der Waals surface area contributed by atoms with Gasteiger partial charge in [0.1, 0.15) is 0 Å². The molecule has 18 heavy (non-hydrogen) atoms. The third kappa shape index (κ3) is 3.54. The number of piperidine rings is 1. The number of nitrogens with zero attached hydrogens (tertiary/aromatic N) is 1. The lowest BCUT2D eigenvalue weighted by Crippen LogP contribution is -2.45. The van der Waals surface area contributed by atoms with E-state index < -0.39 is 0 Å². The first-order chi connectivity index (χ1) is 8.70. The Kier molecular flexibility index (Phi) is 5.18. The van der Waals surface area contributed by atoms with Crippen LogP contribution >= 0.6 is 15.9 Å². The Morgan fingerprint density at radius 2 is 2.06 bits per heavy atom. The molecule has 1 saturated heterocycles. The summed E-state index contributed by atoms with van der Waals surface area (Å²) >= 11 is 3.59. The van der Waals surface area contributed by atoms with Crippen molar-refractivity contribution in [2.24, 2.45) is 5.73 Å². The third-order valence-corrected chi connectivity index (χ3v) is 4.38. The van der Waals surface area contributed by atoms with Crippen molar-refractivity contribution in [1.82, 2.24) is 10.4 Å². The molecule has 1 atom stereocenters. The summed E-state index contributed by atoms with van der Waals surface area (Å²) in [4.78, 5) is 0. The molecule has 1 heterocycles. The summed E-state index contributed by atoms with van der Waals surface area (Å²) in [5, 5.41) is 2.31. The molecule has 0 aromatic heterocycles. The van der Waals surface area contributed by atoms with Crippen molar-refractivity contribution in [3.05, 3.63) is 33.8 Å². The van der Waals surface area contributed by atoms with Gasteiger partial charge in [-0.05, 0) is 37.0 Å². The summed E-state index contributed by atoms with van der Waals surface area (Å²) in [6.45, 7) is 4.97. The fourth-order valence-corrected chi connectivity index (χ4v) is 2.73. The molecule has 1 unspecified atom stereocenters. The zero-order valence-corrected chi connectivity index (χ0v) is 12.5. The van der Waals surface area contributed by atoms with Gasteiger partial charge in [-0.2, -0.15) is 0 Å². The minimum Gasteiger partial charge on any atom is -0.329 e. The molecule has 0 aliphatic carbocycles. The molecule has 0 spiro atoms. The molecule has 0 radical (unpaired) electrons. The van der Waals surface area contributed by atoms with Crippen LogP contribution in [0.3, 0.4) is 0 Å². The molecule has 0 bridgehead atoms. The molecule has 3 nitrogen and oxygen atoms in total. The average Bonchev–Trinajstić information content (AvgIpc) is 2.40. The van der Waals surface area contributed by atoms with E-state index in [1.54, 1.807) is 0 Å². The number of hydrazine groups is 1. The topological polar surface area (TPSA) is 41.3 Å². The Morgan fingerprint density at radius 3 is 2.67 bits per heavy atom. The van der Waals surface area contributed by atoms with Crippen LogP contribution in [0.2, 0.25) is 0 Å². The maximum Gasteiger partial charge on any atom is 0.0587 e. The predicted molar refractivity (Wildman–Crippen MR) is 79.2 cm³/mol. The molecule has 1 aliphatic rings. The quantitative estimate of drug-likeness (QED) is 0.898. The Bertz CT molecular complexity index is 389. The van der Waals surface area contributed by atoms with E-state index in [1.807, 2.05) is 0 Å². The Morgan fingerprint density at radius 1 is 1.33 bits per heavy atom. The first-order valence-electron chi connectivity index (χ1n) is 6.68. The van der Waals surface area contributed by atoms with Crippen LogP contribution in [0, 0.1) is 6.92 Å². The molecule has 0 saturated carbocycles. The summed E-state index contributed by atoms with van der Waals surface area (Å²) in [5.41, 5.74) is 12.0. The van der Waals surface area contributed by atoms with Crippen molar-refractivity contribution < 1.29 is 0 Å². The molecule has 1 aromatic rings. The van der Waals surface area contributed by atoms with Crippen molar-refractivity contribution in [2.75, 3.05) is 19.6 Å². The van der Waals surface area contributed by atoms with Gasteiger partial charge >= 0.3 is 0 Å². The standard InChI is InChI=1S/C14H22BrN3/c1-11-5-6-12(9-13(11)15)14(10-16)17-18-7-3-2-4-8-18/h5-6,9,14,17H,2-4,7-8,10,16H2,1H3. The lowest BCUT2D eigenvalue weighted by Gasteiger charge is -2.31. The van der Waals surface area contributed by atoms with Gasteiger partial charge in [0.2, 0.25) is 0 Å². The molecule has 100 valence electrons. The summed E-state index contributed by atoms with van der Waals surface area (Å²) in [6, 6.07) is 6.68. The largest absolute Gasteiger partial charge is 0.329 e. The highest BCUT2D eigenvalue weighted by atomic mass is 79.9. The van der Waals surface area contributed by atoms with Crippen molar-refractivity contribution >= 4 is 15.9 Å². The number of rotatable bonds is 4. The summed E-state index contributed by atoms with van der Waals surface area (Å²) in [5.74, 6) is 0. The number of hydrogen-bond acceptors (Lipinski definition) is 3. The van der Waals surface area contributed by atoms with Crippen LogP contribution in [0.15, 0.2) is 22.7 Å². The van der Waals surface area contributed by atoms with E-state index in [4.69, 9.17) is 5.73 Å². The molecule has 1 fully saturated rings. The second kappa shape index (κ2) is 6.66. The van der Waals surface area contributed by atoms with E-state index in [9.17, 15) is 0 Å². The molecule has 3 N–H and O–H groups in total. The highest BCUT2D eigenvalue weighted by Gasteiger charge is 2.16.